The Morgan fingerprint density at radius 3 is 2.58 bits per heavy atom. The van der Waals surface area contributed by atoms with Crippen molar-refractivity contribution in [3.8, 4) is 17.2 Å². The van der Waals surface area contributed by atoms with E-state index in [1.165, 1.54) is 18.2 Å². The van der Waals surface area contributed by atoms with Crippen LogP contribution in [-0.2, 0) is 0 Å². The molecule has 2 rings (SSSR count). The van der Waals surface area contributed by atoms with E-state index >= 15 is 0 Å². The van der Waals surface area contributed by atoms with E-state index in [0.717, 1.165) is 5.56 Å². The van der Waals surface area contributed by atoms with Crippen LogP contribution in [0.2, 0.25) is 5.02 Å². The van der Waals surface area contributed by atoms with E-state index in [1.807, 2.05) is 6.92 Å². The lowest BCUT2D eigenvalue weighted by molar-refractivity contribution is 0.100. The van der Waals surface area contributed by atoms with Crippen LogP contribution in [0.15, 0.2) is 36.4 Å². The highest BCUT2D eigenvalue weighted by atomic mass is 35.5. The van der Waals surface area contributed by atoms with Crippen molar-refractivity contribution in [2.75, 3.05) is 0 Å². The van der Waals surface area contributed by atoms with Crippen LogP contribution < -0.4 is 10.5 Å². The topological polar surface area (TPSA) is 72.6 Å². The predicted octanol–water partition coefficient (Wildman–Crippen LogP) is 3.25. The van der Waals surface area contributed by atoms with Gasteiger partial charge in [-0.25, -0.2) is 0 Å². The van der Waals surface area contributed by atoms with Crippen molar-refractivity contribution < 1.29 is 14.6 Å². The molecule has 5 heteroatoms. The lowest BCUT2D eigenvalue weighted by Crippen LogP contribution is -2.10. The molecule has 0 aliphatic rings. The molecule has 0 bridgehead atoms. The Morgan fingerprint density at radius 2 is 2.00 bits per heavy atom. The number of halogens is 1. The van der Waals surface area contributed by atoms with Crippen molar-refractivity contribution in [1.29, 1.82) is 0 Å². The summed E-state index contributed by atoms with van der Waals surface area (Å²) in [5.74, 6) is 0.407. The van der Waals surface area contributed by atoms with Crippen LogP contribution >= 0.6 is 11.6 Å². The Balaban J connectivity index is 2.30. The SMILES string of the molecule is Cc1cc(O)cc(Oc2ccc(C(N)=O)cc2Cl)c1. The molecule has 0 aromatic heterocycles. The highest BCUT2D eigenvalue weighted by Gasteiger charge is 2.08. The Kier molecular flexibility index (Phi) is 3.62. The number of aryl methyl sites for hydroxylation is 1. The zero-order valence-corrected chi connectivity index (χ0v) is 10.9. The number of nitrogens with two attached hydrogens (primary N) is 1. The van der Waals surface area contributed by atoms with E-state index in [9.17, 15) is 9.90 Å². The molecular weight excluding hydrogens is 266 g/mol. The number of ether oxygens (including phenoxy) is 1. The molecule has 0 unspecified atom stereocenters. The fraction of sp³-hybridized carbons (Fsp3) is 0.0714. The second-order valence-electron chi connectivity index (χ2n) is 4.12. The molecule has 19 heavy (non-hydrogen) atoms. The van der Waals surface area contributed by atoms with Crippen molar-refractivity contribution in [3.63, 3.8) is 0 Å². The summed E-state index contributed by atoms with van der Waals surface area (Å²) in [6.45, 7) is 1.84. The third kappa shape index (κ3) is 3.17. The lowest BCUT2D eigenvalue weighted by atomic mass is 10.2. The fourth-order valence-corrected chi connectivity index (χ4v) is 1.87. The number of amides is 1. The number of carbonyl (C=O) groups excluding carboxylic acids is 1. The molecule has 1 amide bonds. The van der Waals surface area contributed by atoms with E-state index in [2.05, 4.69) is 0 Å². The molecule has 98 valence electrons. The summed E-state index contributed by atoms with van der Waals surface area (Å²) >= 11 is 6.01. The molecule has 0 fully saturated rings. The molecule has 0 saturated carbocycles. The van der Waals surface area contributed by atoms with Crippen molar-refractivity contribution in [2.24, 2.45) is 5.73 Å². The molecule has 0 heterocycles. The van der Waals surface area contributed by atoms with Crippen LogP contribution in [0.4, 0.5) is 0 Å². The van der Waals surface area contributed by atoms with E-state index in [0.29, 0.717) is 17.1 Å². The maximum atomic E-state index is 11.0. The fourth-order valence-electron chi connectivity index (χ4n) is 1.65. The van der Waals surface area contributed by atoms with Crippen molar-refractivity contribution >= 4 is 17.5 Å². The van der Waals surface area contributed by atoms with E-state index < -0.39 is 5.91 Å². The van der Waals surface area contributed by atoms with Gasteiger partial charge in [0.2, 0.25) is 5.91 Å². The summed E-state index contributed by atoms with van der Waals surface area (Å²) in [5, 5.41) is 9.76. The molecule has 4 nitrogen and oxygen atoms in total. The summed E-state index contributed by atoms with van der Waals surface area (Å²) in [4.78, 5) is 11.0. The van der Waals surface area contributed by atoms with Gasteiger partial charge in [-0.2, -0.15) is 0 Å². The van der Waals surface area contributed by atoms with E-state index in [-0.39, 0.29) is 10.8 Å². The number of primary amides is 1. The van der Waals surface area contributed by atoms with Gasteiger partial charge in [0.05, 0.1) is 5.02 Å². The van der Waals surface area contributed by atoms with Gasteiger partial charge < -0.3 is 15.6 Å². The number of carbonyl (C=O) groups is 1. The normalized spacial score (nSPS) is 10.2. The largest absolute Gasteiger partial charge is 0.508 e. The summed E-state index contributed by atoms with van der Waals surface area (Å²) in [5.41, 5.74) is 6.32. The first-order valence-corrected chi connectivity index (χ1v) is 5.91. The molecule has 0 aliphatic carbocycles. The van der Waals surface area contributed by atoms with Crippen molar-refractivity contribution in [2.45, 2.75) is 6.92 Å². The summed E-state index contributed by atoms with van der Waals surface area (Å²) < 4.78 is 5.56. The third-order valence-electron chi connectivity index (χ3n) is 2.48. The van der Waals surface area contributed by atoms with Crippen LogP contribution in [0.25, 0.3) is 0 Å². The minimum atomic E-state index is -0.554. The van der Waals surface area contributed by atoms with Gasteiger partial charge in [0.1, 0.15) is 17.2 Å². The Labute approximate surface area is 115 Å². The molecule has 0 saturated heterocycles. The summed E-state index contributed by atoms with van der Waals surface area (Å²) in [6, 6.07) is 9.38. The molecule has 0 radical (unpaired) electrons. The maximum absolute atomic E-state index is 11.0. The number of phenolic OH excluding ortho intramolecular Hbond substituents is 1. The van der Waals surface area contributed by atoms with Gasteiger partial charge in [0.25, 0.3) is 0 Å². The summed E-state index contributed by atoms with van der Waals surface area (Å²) in [7, 11) is 0. The average molecular weight is 278 g/mol. The first-order valence-electron chi connectivity index (χ1n) is 5.53. The molecule has 2 aromatic carbocycles. The number of hydrogen-bond acceptors (Lipinski definition) is 3. The van der Waals surface area contributed by atoms with E-state index in [1.54, 1.807) is 18.2 Å². The standard InChI is InChI=1S/C14H12ClNO3/c1-8-4-10(17)7-11(5-8)19-13-3-2-9(14(16)18)6-12(13)15/h2-7,17H,1H3,(H2,16,18). The van der Waals surface area contributed by atoms with Crippen LogP contribution in [0.1, 0.15) is 15.9 Å². The number of benzene rings is 2. The highest BCUT2D eigenvalue weighted by molar-refractivity contribution is 6.32. The van der Waals surface area contributed by atoms with Gasteiger partial charge in [-0.15, -0.1) is 0 Å². The van der Waals surface area contributed by atoms with Crippen molar-refractivity contribution in [3.05, 3.63) is 52.5 Å². The van der Waals surface area contributed by atoms with Gasteiger partial charge in [-0.05, 0) is 42.8 Å². The van der Waals surface area contributed by atoms with E-state index in [4.69, 9.17) is 22.1 Å². The zero-order chi connectivity index (χ0) is 14.0. The molecule has 0 atom stereocenters. The second-order valence-corrected chi connectivity index (χ2v) is 4.52. The molecule has 0 spiro atoms. The zero-order valence-electron chi connectivity index (χ0n) is 10.2. The van der Waals surface area contributed by atoms with Crippen LogP contribution in [0, 0.1) is 6.92 Å². The highest BCUT2D eigenvalue weighted by Crippen LogP contribution is 2.32. The first kappa shape index (κ1) is 13.2. The number of aromatic hydroxyl groups is 1. The molecule has 3 N–H and O–H groups in total. The number of rotatable bonds is 3. The van der Waals surface area contributed by atoms with Gasteiger partial charge in [-0.3, -0.25) is 4.79 Å². The lowest BCUT2D eigenvalue weighted by Gasteiger charge is -2.09. The smallest absolute Gasteiger partial charge is 0.248 e. The molecule has 0 aliphatic heterocycles. The number of hydrogen-bond donors (Lipinski definition) is 2. The quantitative estimate of drug-likeness (QED) is 0.904. The van der Waals surface area contributed by atoms with Crippen LogP contribution in [0.3, 0.4) is 0 Å². The second kappa shape index (κ2) is 5.20. The Morgan fingerprint density at radius 1 is 1.26 bits per heavy atom. The van der Waals surface area contributed by atoms with Gasteiger partial charge >= 0.3 is 0 Å². The van der Waals surface area contributed by atoms with Gasteiger partial charge in [-0.1, -0.05) is 11.6 Å². The van der Waals surface area contributed by atoms with Gasteiger partial charge in [0.15, 0.2) is 0 Å². The first-order chi connectivity index (χ1) is 8.95. The minimum Gasteiger partial charge on any atom is -0.508 e. The Bertz CT molecular complexity index is 620. The maximum Gasteiger partial charge on any atom is 0.248 e. The monoisotopic (exact) mass is 277 g/mol. The van der Waals surface area contributed by atoms with Crippen LogP contribution in [0.5, 0.6) is 17.2 Å². The third-order valence-corrected chi connectivity index (χ3v) is 2.78. The molecular formula is C14H12ClNO3. The Hall–Kier alpha value is -2.20. The summed E-state index contributed by atoms with van der Waals surface area (Å²) in [6.07, 6.45) is 0. The minimum absolute atomic E-state index is 0.111. The van der Waals surface area contributed by atoms with Gasteiger partial charge in [0, 0.05) is 11.6 Å². The van der Waals surface area contributed by atoms with Crippen LogP contribution in [-0.4, -0.2) is 11.0 Å². The van der Waals surface area contributed by atoms with Crippen molar-refractivity contribution in [1.82, 2.24) is 0 Å². The predicted molar refractivity (Wildman–Crippen MR) is 72.9 cm³/mol. The number of phenols is 1. The molecule has 2 aromatic rings. The average Bonchev–Trinajstić information content (AvgIpc) is 2.30.